The maximum absolute atomic E-state index is 13.3. The number of ether oxygens (including phenoxy) is 1. The van der Waals surface area contributed by atoms with Gasteiger partial charge in [0.1, 0.15) is 10.6 Å². The number of aryl methyl sites for hydroxylation is 1. The fraction of sp³-hybridized carbons (Fsp3) is 0.435. The molecular formula is C23H29ClN2O4S. The Kier molecular flexibility index (Phi) is 7.29. The number of sulfonamides is 1. The SMILES string of the molecule is COc1ccc(Cl)cc1S(=O)(=O)N1CCC[C@H](C(=O)Nc2c(C)cccc2C(C)C)C1. The lowest BCUT2D eigenvalue weighted by atomic mass is 9.95. The number of carbonyl (C=O) groups excluding carboxylic acids is 1. The molecule has 1 aliphatic rings. The van der Waals surface area contributed by atoms with E-state index in [9.17, 15) is 13.2 Å². The van der Waals surface area contributed by atoms with Crippen LogP contribution >= 0.6 is 11.6 Å². The van der Waals surface area contributed by atoms with Gasteiger partial charge in [0.15, 0.2) is 0 Å². The molecule has 2 aromatic rings. The molecule has 0 unspecified atom stereocenters. The molecule has 0 radical (unpaired) electrons. The first kappa shape index (κ1) is 23.6. The molecule has 1 N–H and O–H groups in total. The number of nitrogens with one attached hydrogen (secondary N) is 1. The molecule has 31 heavy (non-hydrogen) atoms. The van der Waals surface area contributed by atoms with Crippen LogP contribution in [0.3, 0.4) is 0 Å². The van der Waals surface area contributed by atoms with Gasteiger partial charge in [-0.05, 0) is 55.0 Å². The van der Waals surface area contributed by atoms with Crippen molar-refractivity contribution in [1.29, 1.82) is 0 Å². The summed E-state index contributed by atoms with van der Waals surface area (Å²) >= 11 is 6.04. The van der Waals surface area contributed by atoms with Gasteiger partial charge in [0.2, 0.25) is 15.9 Å². The number of para-hydroxylation sites is 1. The number of amides is 1. The van der Waals surface area contributed by atoms with Crippen molar-refractivity contribution in [2.24, 2.45) is 5.92 Å². The molecule has 2 aromatic carbocycles. The van der Waals surface area contributed by atoms with Crippen LogP contribution in [0.15, 0.2) is 41.3 Å². The molecule has 0 saturated carbocycles. The van der Waals surface area contributed by atoms with E-state index in [1.165, 1.54) is 23.5 Å². The van der Waals surface area contributed by atoms with Crippen LogP contribution in [0.25, 0.3) is 0 Å². The van der Waals surface area contributed by atoms with E-state index in [2.05, 4.69) is 19.2 Å². The van der Waals surface area contributed by atoms with Gasteiger partial charge < -0.3 is 10.1 Å². The van der Waals surface area contributed by atoms with E-state index in [1.54, 1.807) is 6.07 Å². The van der Waals surface area contributed by atoms with Gasteiger partial charge in [-0.3, -0.25) is 4.79 Å². The van der Waals surface area contributed by atoms with E-state index in [4.69, 9.17) is 16.3 Å². The molecule has 1 fully saturated rings. The number of methoxy groups -OCH3 is 1. The number of halogens is 1. The van der Waals surface area contributed by atoms with Crippen molar-refractivity contribution >= 4 is 33.2 Å². The topological polar surface area (TPSA) is 75.7 Å². The molecule has 0 bridgehead atoms. The van der Waals surface area contributed by atoms with Gasteiger partial charge in [-0.25, -0.2) is 8.42 Å². The maximum atomic E-state index is 13.3. The van der Waals surface area contributed by atoms with Gasteiger partial charge in [0.05, 0.1) is 13.0 Å². The van der Waals surface area contributed by atoms with Crippen LogP contribution in [0.2, 0.25) is 5.02 Å². The van der Waals surface area contributed by atoms with Crippen LogP contribution < -0.4 is 10.1 Å². The zero-order chi connectivity index (χ0) is 22.8. The molecule has 1 atom stereocenters. The summed E-state index contributed by atoms with van der Waals surface area (Å²) in [5, 5.41) is 3.38. The van der Waals surface area contributed by atoms with Crippen molar-refractivity contribution in [2.75, 3.05) is 25.5 Å². The lowest BCUT2D eigenvalue weighted by molar-refractivity contribution is -0.120. The Hall–Kier alpha value is -2.09. The van der Waals surface area contributed by atoms with E-state index in [-0.39, 0.29) is 29.0 Å². The lowest BCUT2D eigenvalue weighted by Gasteiger charge is -2.32. The summed E-state index contributed by atoms with van der Waals surface area (Å²) < 4.78 is 33.2. The van der Waals surface area contributed by atoms with Crippen molar-refractivity contribution in [3.8, 4) is 5.75 Å². The number of hydrogen-bond acceptors (Lipinski definition) is 4. The van der Waals surface area contributed by atoms with E-state index in [0.717, 1.165) is 16.8 Å². The first-order chi connectivity index (χ1) is 14.6. The van der Waals surface area contributed by atoms with Crippen LogP contribution in [0.4, 0.5) is 5.69 Å². The normalized spacial score (nSPS) is 17.5. The number of anilines is 1. The van der Waals surface area contributed by atoms with Crippen LogP contribution in [0.5, 0.6) is 5.75 Å². The van der Waals surface area contributed by atoms with Gasteiger partial charge in [0.25, 0.3) is 0 Å². The van der Waals surface area contributed by atoms with Crippen LogP contribution in [0.1, 0.15) is 43.7 Å². The minimum absolute atomic E-state index is 0.0181. The molecule has 0 aliphatic carbocycles. The monoisotopic (exact) mass is 464 g/mol. The molecule has 0 aromatic heterocycles. The van der Waals surface area contributed by atoms with Crippen molar-refractivity contribution < 1.29 is 17.9 Å². The molecule has 1 saturated heterocycles. The number of rotatable bonds is 6. The standard InChI is InChI=1S/C23H29ClN2O4S/c1-15(2)19-9-5-7-16(3)22(19)25-23(27)17-8-6-12-26(14-17)31(28,29)21-13-18(24)10-11-20(21)30-4/h5,7,9-11,13,15,17H,6,8,12,14H2,1-4H3,(H,25,27)/t17-/m0/s1. The predicted octanol–water partition coefficient (Wildman–Crippen LogP) is 4.82. The second-order valence-electron chi connectivity index (χ2n) is 8.18. The summed E-state index contributed by atoms with van der Waals surface area (Å²) in [6, 6.07) is 10.5. The summed E-state index contributed by atoms with van der Waals surface area (Å²) in [5.41, 5.74) is 2.87. The third-order valence-corrected chi connectivity index (χ3v) is 7.80. The highest BCUT2D eigenvalue weighted by Gasteiger charge is 2.35. The predicted molar refractivity (Wildman–Crippen MR) is 123 cm³/mol. The molecule has 8 heteroatoms. The van der Waals surface area contributed by atoms with Crippen molar-refractivity contribution in [3.63, 3.8) is 0 Å². The molecule has 3 rings (SSSR count). The summed E-state index contributed by atoms with van der Waals surface area (Å²) in [6.07, 6.45) is 1.23. The Morgan fingerprint density at radius 3 is 2.68 bits per heavy atom. The maximum Gasteiger partial charge on any atom is 0.246 e. The molecule has 1 heterocycles. The average molecular weight is 465 g/mol. The number of carbonyl (C=O) groups is 1. The first-order valence-electron chi connectivity index (χ1n) is 10.4. The number of hydrogen-bond donors (Lipinski definition) is 1. The van der Waals surface area contributed by atoms with Gasteiger partial charge in [-0.2, -0.15) is 4.31 Å². The Balaban J connectivity index is 1.83. The van der Waals surface area contributed by atoms with Gasteiger partial charge in [-0.1, -0.05) is 43.6 Å². The fourth-order valence-electron chi connectivity index (χ4n) is 3.93. The lowest BCUT2D eigenvalue weighted by Crippen LogP contribution is -2.43. The zero-order valence-electron chi connectivity index (χ0n) is 18.3. The van der Waals surface area contributed by atoms with Crippen molar-refractivity contribution in [3.05, 3.63) is 52.5 Å². The second kappa shape index (κ2) is 9.59. The number of piperidine rings is 1. The summed E-state index contributed by atoms with van der Waals surface area (Å²) in [6.45, 7) is 6.59. The summed E-state index contributed by atoms with van der Waals surface area (Å²) in [5.74, 6) is -0.103. The summed E-state index contributed by atoms with van der Waals surface area (Å²) in [4.78, 5) is 13.1. The van der Waals surface area contributed by atoms with Gasteiger partial charge in [0, 0.05) is 23.8 Å². The highest BCUT2D eigenvalue weighted by molar-refractivity contribution is 7.89. The van der Waals surface area contributed by atoms with Crippen LogP contribution in [-0.2, 0) is 14.8 Å². The Morgan fingerprint density at radius 2 is 2.00 bits per heavy atom. The van der Waals surface area contributed by atoms with Gasteiger partial charge >= 0.3 is 0 Å². The van der Waals surface area contributed by atoms with E-state index < -0.39 is 15.9 Å². The third kappa shape index (κ3) is 5.05. The molecule has 6 nitrogen and oxygen atoms in total. The Labute approximate surface area is 189 Å². The van der Waals surface area contributed by atoms with Crippen LogP contribution in [-0.4, -0.2) is 38.8 Å². The minimum atomic E-state index is -3.85. The zero-order valence-corrected chi connectivity index (χ0v) is 19.9. The second-order valence-corrected chi connectivity index (χ2v) is 10.5. The molecule has 168 valence electrons. The van der Waals surface area contributed by atoms with E-state index in [0.29, 0.717) is 24.4 Å². The van der Waals surface area contributed by atoms with Gasteiger partial charge in [-0.15, -0.1) is 0 Å². The Morgan fingerprint density at radius 1 is 1.26 bits per heavy atom. The third-order valence-electron chi connectivity index (χ3n) is 5.67. The molecule has 1 amide bonds. The summed E-state index contributed by atoms with van der Waals surface area (Å²) in [7, 11) is -2.43. The largest absolute Gasteiger partial charge is 0.495 e. The van der Waals surface area contributed by atoms with E-state index >= 15 is 0 Å². The molecular weight excluding hydrogens is 436 g/mol. The van der Waals surface area contributed by atoms with E-state index in [1.807, 2.05) is 25.1 Å². The number of nitrogens with zero attached hydrogens (tertiary/aromatic N) is 1. The van der Waals surface area contributed by atoms with Crippen LogP contribution in [0, 0.1) is 12.8 Å². The fourth-order valence-corrected chi connectivity index (χ4v) is 5.88. The minimum Gasteiger partial charge on any atom is -0.495 e. The smallest absolute Gasteiger partial charge is 0.246 e. The molecule has 0 spiro atoms. The quantitative estimate of drug-likeness (QED) is 0.664. The van der Waals surface area contributed by atoms with Crippen molar-refractivity contribution in [1.82, 2.24) is 4.31 Å². The first-order valence-corrected chi connectivity index (χ1v) is 12.2. The number of benzene rings is 2. The highest BCUT2D eigenvalue weighted by atomic mass is 35.5. The van der Waals surface area contributed by atoms with Crippen molar-refractivity contribution in [2.45, 2.75) is 44.4 Å². The molecule has 1 aliphatic heterocycles. The Bertz CT molecular complexity index is 1070. The average Bonchev–Trinajstić information content (AvgIpc) is 2.75. The highest BCUT2D eigenvalue weighted by Crippen LogP contribution is 2.33.